The quantitative estimate of drug-likeness (QED) is 0.792. The smallest absolute Gasteiger partial charge is 0.409 e. The van der Waals surface area contributed by atoms with Gasteiger partial charge in [0, 0.05) is 26.2 Å². The van der Waals surface area contributed by atoms with Crippen molar-refractivity contribution in [2.24, 2.45) is 0 Å². The van der Waals surface area contributed by atoms with Crippen LogP contribution in [0.1, 0.15) is 13.8 Å². The molecule has 2 rings (SSSR count). The normalized spacial score (nSPS) is 14.0. The van der Waals surface area contributed by atoms with E-state index < -0.39 is 0 Å². The van der Waals surface area contributed by atoms with Crippen LogP contribution < -0.4 is 14.8 Å². The fourth-order valence-electron chi connectivity index (χ4n) is 2.40. The first-order valence-corrected chi connectivity index (χ1v) is 8.44. The van der Waals surface area contributed by atoms with Crippen molar-refractivity contribution < 1.29 is 23.8 Å². The van der Waals surface area contributed by atoms with Crippen LogP contribution in [0.25, 0.3) is 0 Å². The maximum atomic E-state index is 12.1. The predicted octanol–water partition coefficient (Wildman–Crippen LogP) is 1.91. The zero-order valence-corrected chi connectivity index (χ0v) is 14.7. The van der Waals surface area contributed by atoms with Crippen LogP contribution in [0.2, 0.25) is 0 Å². The highest BCUT2D eigenvalue weighted by molar-refractivity contribution is 5.74. The summed E-state index contributed by atoms with van der Waals surface area (Å²) < 4.78 is 15.8. The number of rotatable bonds is 6. The van der Waals surface area contributed by atoms with Crippen LogP contribution in [0.4, 0.5) is 9.59 Å². The van der Waals surface area contributed by atoms with Crippen LogP contribution in [0.3, 0.4) is 0 Å². The lowest BCUT2D eigenvalue weighted by molar-refractivity contribution is 0.0843. The minimum atomic E-state index is -0.332. The van der Waals surface area contributed by atoms with Crippen LogP contribution in [0, 0.1) is 0 Å². The Morgan fingerprint density at radius 1 is 0.920 bits per heavy atom. The molecular weight excluding hydrogens is 326 g/mol. The molecule has 138 valence electrons. The van der Waals surface area contributed by atoms with Crippen LogP contribution >= 0.6 is 0 Å². The molecule has 0 atom stereocenters. The second-order valence-electron chi connectivity index (χ2n) is 5.35. The number of carbonyl (C=O) groups excluding carboxylic acids is 2. The van der Waals surface area contributed by atoms with Gasteiger partial charge in [-0.15, -0.1) is 0 Å². The number of hydrogen-bond acceptors (Lipinski definition) is 5. The third-order valence-electron chi connectivity index (χ3n) is 3.69. The van der Waals surface area contributed by atoms with E-state index >= 15 is 0 Å². The molecule has 1 aliphatic rings. The van der Waals surface area contributed by atoms with Crippen LogP contribution in [0.5, 0.6) is 11.5 Å². The Morgan fingerprint density at radius 2 is 1.48 bits per heavy atom. The van der Waals surface area contributed by atoms with Gasteiger partial charge in [0.05, 0.1) is 13.2 Å². The minimum absolute atomic E-state index is 0.0743. The van der Waals surface area contributed by atoms with E-state index in [4.69, 9.17) is 14.2 Å². The van der Waals surface area contributed by atoms with E-state index in [-0.39, 0.29) is 18.9 Å². The zero-order valence-electron chi connectivity index (χ0n) is 14.7. The first-order chi connectivity index (χ1) is 12.1. The highest BCUT2D eigenvalue weighted by Gasteiger charge is 2.24. The third-order valence-corrected chi connectivity index (χ3v) is 3.69. The van der Waals surface area contributed by atoms with Crippen molar-refractivity contribution in [3.8, 4) is 11.5 Å². The summed E-state index contributed by atoms with van der Waals surface area (Å²) in [4.78, 5) is 27.0. The number of nitrogens with one attached hydrogen (secondary N) is 1. The number of piperazine rings is 1. The predicted molar refractivity (Wildman–Crippen MR) is 91.8 cm³/mol. The second-order valence-corrected chi connectivity index (χ2v) is 5.35. The molecule has 8 heteroatoms. The molecule has 0 saturated carbocycles. The van der Waals surface area contributed by atoms with E-state index in [1.807, 2.05) is 19.1 Å². The van der Waals surface area contributed by atoms with E-state index in [0.29, 0.717) is 45.1 Å². The van der Waals surface area contributed by atoms with Gasteiger partial charge in [0.25, 0.3) is 0 Å². The number of amides is 3. The van der Waals surface area contributed by atoms with Crippen LogP contribution in [0.15, 0.2) is 24.3 Å². The summed E-state index contributed by atoms with van der Waals surface area (Å²) in [6, 6.07) is 6.99. The summed E-state index contributed by atoms with van der Waals surface area (Å²) in [5.41, 5.74) is 0. The number of ether oxygens (including phenoxy) is 3. The summed E-state index contributed by atoms with van der Waals surface area (Å²) in [6.07, 6.45) is -0.332. The van der Waals surface area contributed by atoms with Crippen LogP contribution in [-0.4, -0.2) is 68.0 Å². The maximum absolute atomic E-state index is 12.1. The molecule has 1 aromatic carbocycles. The van der Waals surface area contributed by atoms with E-state index in [9.17, 15) is 9.59 Å². The fourth-order valence-corrected chi connectivity index (χ4v) is 2.40. The highest BCUT2D eigenvalue weighted by atomic mass is 16.6. The van der Waals surface area contributed by atoms with Gasteiger partial charge in [0.2, 0.25) is 0 Å². The number of hydrogen-bond donors (Lipinski definition) is 1. The number of nitrogens with zero attached hydrogens (tertiary/aromatic N) is 2. The SMILES string of the molecule is CCOC(=O)N1CCN(C(=O)NCOc2ccc(OCC)cc2)CC1. The summed E-state index contributed by atoms with van der Waals surface area (Å²) in [6.45, 7) is 6.59. The van der Waals surface area contributed by atoms with Gasteiger partial charge in [-0.2, -0.15) is 0 Å². The summed E-state index contributed by atoms with van der Waals surface area (Å²) >= 11 is 0. The zero-order chi connectivity index (χ0) is 18.1. The molecule has 0 bridgehead atoms. The Morgan fingerprint density at radius 3 is 2.04 bits per heavy atom. The van der Waals surface area contributed by atoms with Crippen LogP contribution in [-0.2, 0) is 4.74 Å². The van der Waals surface area contributed by atoms with Gasteiger partial charge in [0.1, 0.15) is 11.5 Å². The van der Waals surface area contributed by atoms with Crippen molar-refractivity contribution in [2.75, 3.05) is 46.1 Å². The molecule has 0 aliphatic carbocycles. The Kier molecular flexibility index (Phi) is 7.18. The molecule has 25 heavy (non-hydrogen) atoms. The molecule has 1 N–H and O–H groups in total. The molecule has 1 aliphatic heterocycles. The molecule has 0 radical (unpaired) electrons. The molecule has 1 fully saturated rings. The maximum Gasteiger partial charge on any atom is 0.409 e. The average molecular weight is 351 g/mol. The molecule has 1 aromatic rings. The lowest BCUT2D eigenvalue weighted by Gasteiger charge is -2.33. The van der Waals surface area contributed by atoms with Gasteiger partial charge in [0.15, 0.2) is 6.73 Å². The van der Waals surface area contributed by atoms with Crippen molar-refractivity contribution in [3.05, 3.63) is 24.3 Å². The fraction of sp³-hybridized carbons (Fsp3) is 0.529. The van der Waals surface area contributed by atoms with Crippen molar-refractivity contribution in [2.45, 2.75) is 13.8 Å². The van der Waals surface area contributed by atoms with E-state index in [2.05, 4.69) is 5.32 Å². The Balaban J connectivity index is 1.68. The molecule has 0 spiro atoms. The first-order valence-electron chi connectivity index (χ1n) is 8.44. The van der Waals surface area contributed by atoms with Crippen molar-refractivity contribution in [1.82, 2.24) is 15.1 Å². The van der Waals surface area contributed by atoms with Crippen molar-refractivity contribution in [3.63, 3.8) is 0 Å². The molecule has 0 aromatic heterocycles. The highest BCUT2D eigenvalue weighted by Crippen LogP contribution is 2.17. The standard InChI is InChI=1S/C17H25N3O5/c1-3-23-14-5-7-15(8-6-14)25-13-18-16(21)19-9-11-20(12-10-19)17(22)24-4-2/h5-8H,3-4,9-13H2,1-2H3,(H,18,21). The topological polar surface area (TPSA) is 80.3 Å². The summed E-state index contributed by atoms with van der Waals surface area (Å²) in [5.74, 6) is 1.43. The monoisotopic (exact) mass is 351 g/mol. The molecular formula is C17H25N3O5. The van der Waals surface area contributed by atoms with E-state index in [1.165, 1.54) is 0 Å². The van der Waals surface area contributed by atoms with Gasteiger partial charge in [-0.25, -0.2) is 9.59 Å². The van der Waals surface area contributed by atoms with Crippen molar-refractivity contribution >= 4 is 12.1 Å². The minimum Gasteiger partial charge on any atom is -0.494 e. The summed E-state index contributed by atoms with van der Waals surface area (Å²) in [7, 11) is 0. The largest absolute Gasteiger partial charge is 0.494 e. The first kappa shape index (κ1) is 18.7. The molecule has 0 unspecified atom stereocenters. The van der Waals surface area contributed by atoms with Gasteiger partial charge < -0.3 is 29.3 Å². The molecule has 1 heterocycles. The molecule has 3 amide bonds. The lowest BCUT2D eigenvalue weighted by atomic mass is 10.3. The summed E-state index contributed by atoms with van der Waals surface area (Å²) in [5, 5.41) is 2.71. The number of carbonyl (C=O) groups is 2. The van der Waals surface area contributed by atoms with E-state index in [0.717, 1.165) is 5.75 Å². The second kappa shape index (κ2) is 9.61. The van der Waals surface area contributed by atoms with Gasteiger partial charge in [-0.1, -0.05) is 0 Å². The van der Waals surface area contributed by atoms with Crippen molar-refractivity contribution in [1.29, 1.82) is 0 Å². The molecule has 1 saturated heterocycles. The number of urea groups is 1. The third kappa shape index (κ3) is 5.74. The van der Waals surface area contributed by atoms with E-state index in [1.54, 1.807) is 28.9 Å². The average Bonchev–Trinajstić information content (AvgIpc) is 2.63. The Bertz CT molecular complexity index is 556. The Labute approximate surface area is 147 Å². The van der Waals surface area contributed by atoms with Gasteiger partial charge in [-0.3, -0.25) is 0 Å². The molecule has 8 nitrogen and oxygen atoms in total. The van der Waals surface area contributed by atoms with Gasteiger partial charge in [-0.05, 0) is 38.1 Å². The Hall–Kier alpha value is -2.64. The lowest BCUT2D eigenvalue weighted by Crippen LogP contribution is -2.53. The number of benzene rings is 1. The van der Waals surface area contributed by atoms with Gasteiger partial charge >= 0.3 is 12.1 Å².